The lowest BCUT2D eigenvalue weighted by Crippen LogP contribution is -1.98. The maximum absolute atomic E-state index is 10.1. The molecule has 1 atom stereocenters. The van der Waals surface area contributed by atoms with E-state index in [0.29, 0.717) is 0 Å². The number of hydrogen-bond acceptors (Lipinski definition) is 3. The van der Waals surface area contributed by atoms with Gasteiger partial charge in [0.05, 0.1) is 7.11 Å². The van der Waals surface area contributed by atoms with E-state index in [9.17, 15) is 5.11 Å². The summed E-state index contributed by atoms with van der Waals surface area (Å²) < 4.78 is 5.11. The minimum atomic E-state index is -0.564. The van der Waals surface area contributed by atoms with Crippen LogP contribution in [0.15, 0.2) is 41.1 Å². The molecular formula is C12H12O2S. The topological polar surface area (TPSA) is 29.5 Å². The molecule has 1 aromatic carbocycles. The molecule has 1 unspecified atom stereocenters. The number of benzene rings is 1. The lowest BCUT2D eigenvalue weighted by Gasteiger charge is -2.10. The Balaban J connectivity index is 2.29. The van der Waals surface area contributed by atoms with Crippen LogP contribution >= 0.6 is 11.3 Å². The normalized spacial score (nSPS) is 12.4. The zero-order valence-corrected chi connectivity index (χ0v) is 9.20. The first-order chi connectivity index (χ1) is 7.31. The molecule has 0 saturated carbocycles. The Labute approximate surface area is 92.8 Å². The summed E-state index contributed by atoms with van der Waals surface area (Å²) in [5, 5.41) is 14.0. The summed E-state index contributed by atoms with van der Waals surface area (Å²) in [5.41, 5.74) is 1.78. The molecule has 0 saturated heterocycles. The molecule has 1 aromatic heterocycles. The molecule has 3 heteroatoms. The molecule has 2 nitrogen and oxygen atoms in total. The van der Waals surface area contributed by atoms with Crippen molar-refractivity contribution in [2.24, 2.45) is 0 Å². The van der Waals surface area contributed by atoms with E-state index in [-0.39, 0.29) is 0 Å². The molecule has 1 heterocycles. The largest absolute Gasteiger partial charge is 0.497 e. The third kappa shape index (κ3) is 2.19. The summed E-state index contributed by atoms with van der Waals surface area (Å²) in [6.45, 7) is 0. The van der Waals surface area contributed by atoms with Crippen LogP contribution in [-0.4, -0.2) is 12.2 Å². The van der Waals surface area contributed by atoms with Gasteiger partial charge in [0.15, 0.2) is 0 Å². The van der Waals surface area contributed by atoms with Crippen molar-refractivity contribution >= 4 is 11.3 Å². The number of thiophene rings is 1. The van der Waals surface area contributed by atoms with Crippen LogP contribution in [0.5, 0.6) is 5.75 Å². The maximum atomic E-state index is 10.1. The van der Waals surface area contributed by atoms with Gasteiger partial charge in [0.25, 0.3) is 0 Å². The molecule has 15 heavy (non-hydrogen) atoms. The van der Waals surface area contributed by atoms with Crippen molar-refractivity contribution in [3.63, 3.8) is 0 Å². The Hall–Kier alpha value is -1.32. The van der Waals surface area contributed by atoms with Crippen molar-refractivity contribution in [1.29, 1.82) is 0 Å². The maximum Gasteiger partial charge on any atom is 0.119 e. The van der Waals surface area contributed by atoms with Gasteiger partial charge in [-0.1, -0.05) is 12.1 Å². The van der Waals surface area contributed by atoms with Gasteiger partial charge in [0, 0.05) is 0 Å². The molecule has 0 radical (unpaired) electrons. The van der Waals surface area contributed by atoms with Gasteiger partial charge >= 0.3 is 0 Å². The van der Waals surface area contributed by atoms with Crippen LogP contribution in [0.25, 0.3) is 0 Å². The smallest absolute Gasteiger partial charge is 0.119 e. The number of methoxy groups -OCH3 is 1. The number of rotatable bonds is 3. The molecule has 0 amide bonds. The standard InChI is InChI=1S/C12H12O2S/c1-14-11-4-2-3-9(7-11)12(13)10-5-6-15-8-10/h2-8,12-13H,1H3. The summed E-state index contributed by atoms with van der Waals surface area (Å²) in [6.07, 6.45) is -0.564. The quantitative estimate of drug-likeness (QED) is 0.861. The van der Waals surface area contributed by atoms with Crippen LogP contribution in [0.3, 0.4) is 0 Å². The van der Waals surface area contributed by atoms with Crippen LogP contribution in [0.4, 0.5) is 0 Å². The SMILES string of the molecule is COc1cccc(C(O)c2ccsc2)c1. The zero-order valence-electron chi connectivity index (χ0n) is 8.38. The van der Waals surface area contributed by atoms with Crippen molar-refractivity contribution in [3.8, 4) is 5.75 Å². The van der Waals surface area contributed by atoms with Crippen LogP contribution in [-0.2, 0) is 0 Å². The first kappa shape index (κ1) is 10.2. The third-order valence-corrected chi connectivity index (χ3v) is 2.97. The highest BCUT2D eigenvalue weighted by Gasteiger charge is 2.10. The predicted octanol–water partition coefficient (Wildman–Crippen LogP) is 2.84. The van der Waals surface area contributed by atoms with Crippen LogP contribution < -0.4 is 4.74 Å². The van der Waals surface area contributed by atoms with E-state index in [1.807, 2.05) is 41.1 Å². The first-order valence-electron chi connectivity index (χ1n) is 4.65. The first-order valence-corrected chi connectivity index (χ1v) is 5.59. The predicted molar refractivity (Wildman–Crippen MR) is 61.4 cm³/mol. The van der Waals surface area contributed by atoms with Gasteiger partial charge in [-0.25, -0.2) is 0 Å². The minimum Gasteiger partial charge on any atom is -0.497 e. The highest BCUT2D eigenvalue weighted by Crippen LogP contribution is 2.26. The summed E-state index contributed by atoms with van der Waals surface area (Å²) >= 11 is 1.58. The lowest BCUT2D eigenvalue weighted by atomic mass is 10.0. The van der Waals surface area contributed by atoms with E-state index in [2.05, 4.69) is 0 Å². The zero-order chi connectivity index (χ0) is 10.7. The third-order valence-electron chi connectivity index (χ3n) is 2.27. The molecule has 2 aromatic rings. The number of aliphatic hydroxyl groups excluding tert-OH is 1. The molecule has 0 spiro atoms. The van der Waals surface area contributed by atoms with Crippen LogP contribution in [0.1, 0.15) is 17.2 Å². The second-order valence-electron chi connectivity index (χ2n) is 3.24. The van der Waals surface area contributed by atoms with Gasteiger partial charge in [-0.3, -0.25) is 0 Å². The molecule has 0 bridgehead atoms. The van der Waals surface area contributed by atoms with Crippen molar-refractivity contribution in [2.45, 2.75) is 6.10 Å². The average Bonchev–Trinajstić information content (AvgIpc) is 2.81. The fourth-order valence-corrected chi connectivity index (χ4v) is 2.11. The van der Waals surface area contributed by atoms with Crippen LogP contribution in [0.2, 0.25) is 0 Å². The Morgan fingerprint density at radius 1 is 1.27 bits per heavy atom. The molecular weight excluding hydrogens is 208 g/mol. The summed E-state index contributed by atoms with van der Waals surface area (Å²) in [6, 6.07) is 9.41. The van der Waals surface area contributed by atoms with Gasteiger partial charge in [-0.2, -0.15) is 11.3 Å². The Bertz CT molecular complexity index is 423. The van der Waals surface area contributed by atoms with Crippen molar-refractivity contribution in [1.82, 2.24) is 0 Å². The van der Waals surface area contributed by atoms with E-state index < -0.39 is 6.10 Å². The van der Waals surface area contributed by atoms with Gasteiger partial charge in [-0.05, 0) is 40.1 Å². The molecule has 78 valence electrons. The average molecular weight is 220 g/mol. The second kappa shape index (κ2) is 4.47. The monoisotopic (exact) mass is 220 g/mol. The lowest BCUT2D eigenvalue weighted by molar-refractivity contribution is 0.220. The number of aliphatic hydroxyl groups is 1. The minimum absolute atomic E-state index is 0.564. The second-order valence-corrected chi connectivity index (χ2v) is 4.02. The van der Waals surface area contributed by atoms with E-state index in [0.717, 1.165) is 16.9 Å². The Morgan fingerprint density at radius 2 is 2.13 bits per heavy atom. The fraction of sp³-hybridized carbons (Fsp3) is 0.167. The van der Waals surface area contributed by atoms with E-state index >= 15 is 0 Å². The van der Waals surface area contributed by atoms with Crippen molar-refractivity contribution < 1.29 is 9.84 Å². The molecule has 0 aliphatic carbocycles. The molecule has 2 rings (SSSR count). The molecule has 1 N–H and O–H groups in total. The Morgan fingerprint density at radius 3 is 2.80 bits per heavy atom. The summed E-state index contributed by atoms with van der Waals surface area (Å²) in [4.78, 5) is 0. The molecule has 0 fully saturated rings. The highest BCUT2D eigenvalue weighted by molar-refractivity contribution is 7.07. The molecule has 0 aliphatic rings. The highest BCUT2D eigenvalue weighted by atomic mass is 32.1. The van der Waals surface area contributed by atoms with E-state index in [1.54, 1.807) is 18.4 Å². The van der Waals surface area contributed by atoms with Gasteiger partial charge in [-0.15, -0.1) is 0 Å². The van der Waals surface area contributed by atoms with Gasteiger partial charge < -0.3 is 9.84 Å². The van der Waals surface area contributed by atoms with Crippen molar-refractivity contribution in [3.05, 3.63) is 52.2 Å². The fourth-order valence-electron chi connectivity index (χ4n) is 1.43. The van der Waals surface area contributed by atoms with Gasteiger partial charge in [0.2, 0.25) is 0 Å². The number of ether oxygens (including phenoxy) is 1. The Kier molecular flexibility index (Phi) is 3.04. The van der Waals surface area contributed by atoms with Gasteiger partial charge in [0.1, 0.15) is 11.9 Å². The van der Waals surface area contributed by atoms with Crippen molar-refractivity contribution in [2.75, 3.05) is 7.11 Å². The van der Waals surface area contributed by atoms with Crippen LogP contribution in [0, 0.1) is 0 Å². The number of hydrogen-bond donors (Lipinski definition) is 1. The van der Waals surface area contributed by atoms with E-state index in [4.69, 9.17) is 4.74 Å². The van der Waals surface area contributed by atoms with E-state index in [1.165, 1.54) is 0 Å². The summed E-state index contributed by atoms with van der Waals surface area (Å²) in [5.74, 6) is 0.766. The summed E-state index contributed by atoms with van der Waals surface area (Å²) in [7, 11) is 1.62. The molecule has 0 aliphatic heterocycles.